The molecular weight excluding hydrogens is 352 g/mol. The van der Waals surface area contributed by atoms with Crippen molar-refractivity contribution in [1.82, 2.24) is 4.72 Å². The SMILES string of the molecule is CC1(C(=O)NS(=O)(=O)c2ccc(NCC(O)CCl)cc2)CCCC1. The molecule has 0 aromatic heterocycles. The third-order valence-corrected chi connectivity index (χ3v) is 6.07. The average Bonchev–Trinajstić information content (AvgIpc) is 3.00. The second kappa shape index (κ2) is 7.72. The molecule has 6 nitrogen and oxygen atoms in total. The largest absolute Gasteiger partial charge is 0.390 e. The number of carbonyl (C=O) groups excluding carboxylic acids is 1. The van der Waals surface area contributed by atoms with E-state index in [1.165, 1.54) is 12.1 Å². The van der Waals surface area contributed by atoms with Crippen molar-refractivity contribution < 1.29 is 18.3 Å². The van der Waals surface area contributed by atoms with E-state index in [0.29, 0.717) is 18.5 Å². The number of benzene rings is 1. The number of alkyl halides is 1. The van der Waals surface area contributed by atoms with Gasteiger partial charge in [0.05, 0.1) is 16.9 Å². The van der Waals surface area contributed by atoms with Crippen molar-refractivity contribution in [3.8, 4) is 0 Å². The van der Waals surface area contributed by atoms with Crippen LogP contribution in [0.25, 0.3) is 0 Å². The number of hydrogen-bond donors (Lipinski definition) is 3. The number of carbonyl (C=O) groups is 1. The van der Waals surface area contributed by atoms with Crippen molar-refractivity contribution in [2.24, 2.45) is 5.41 Å². The fourth-order valence-electron chi connectivity index (χ4n) is 2.73. The zero-order chi connectivity index (χ0) is 17.8. The Kier molecular flexibility index (Phi) is 6.11. The molecule has 1 fully saturated rings. The first-order valence-corrected chi connectivity index (χ1v) is 9.94. The fraction of sp³-hybridized carbons (Fsp3) is 0.562. The molecular formula is C16H23ClN2O4S. The quantitative estimate of drug-likeness (QED) is 0.635. The summed E-state index contributed by atoms with van der Waals surface area (Å²) >= 11 is 5.51. The van der Waals surface area contributed by atoms with Gasteiger partial charge in [-0.25, -0.2) is 13.1 Å². The Hall–Kier alpha value is -1.31. The number of nitrogens with one attached hydrogen (secondary N) is 2. The minimum Gasteiger partial charge on any atom is -0.390 e. The molecule has 0 spiro atoms. The molecule has 0 radical (unpaired) electrons. The van der Waals surface area contributed by atoms with Crippen molar-refractivity contribution in [2.45, 2.75) is 43.6 Å². The highest BCUT2D eigenvalue weighted by Gasteiger charge is 2.38. The summed E-state index contributed by atoms with van der Waals surface area (Å²) in [7, 11) is -3.89. The molecule has 0 bridgehead atoms. The lowest BCUT2D eigenvalue weighted by Gasteiger charge is -2.22. The molecule has 3 N–H and O–H groups in total. The summed E-state index contributed by atoms with van der Waals surface area (Å²) in [5, 5.41) is 12.3. The average molecular weight is 375 g/mol. The van der Waals surface area contributed by atoms with Crippen LogP contribution in [0.5, 0.6) is 0 Å². The maximum atomic E-state index is 12.4. The Morgan fingerprint density at radius 2 is 1.88 bits per heavy atom. The fourth-order valence-corrected chi connectivity index (χ4v) is 3.94. The molecule has 134 valence electrons. The molecule has 1 aromatic carbocycles. The van der Waals surface area contributed by atoms with Crippen molar-refractivity contribution in [1.29, 1.82) is 0 Å². The van der Waals surface area contributed by atoms with Crippen molar-refractivity contribution >= 4 is 33.2 Å². The van der Waals surface area contributed by atoms with Crippen LogP contribution < -0.4 is 10.0 Å². The van der Waals surface area contributed by atoms with Crippen molar-refractivity contribution in [3.05, 3.63) is 24.3 Å². The predicted molar refractivity (Wildman–Crippen MR) is 93.6 cm³/mol. The highest BCUT2D eigenvalue weighted by atomic mass is 35.5. The standard InChI is InChI=1S/C16H23ClN2O4S/c1-16(8-2-3-9-16)15(21)19-24(22,23)14-6-4-12(5-7-14)18-11-13(20)10-17/h4-7,13,18,20H,2-3,8-11H2,1H3,(H,19,21). The van der Waals surface area contributed by atoms with Gasteiger partial charge in [0.1, 0.15) is 0 Å². The van der Waals surface area contributed by atoms with E-state index in [2.05, 4.69) is 10.0 Å². The van der Waals surface area contributed by atoms with Crippen LogP contribution in [0.2, 0.25) is 0 Å². The number of hydrogen-bond acceptors (Lipinski definition) is 5. The summed E-state index contributed by atoms with van der Waals surface area (Å²) in [6.07, 6.45) is 2.62. The third kappa shape index (κ3) is 4.62. The lowest BCUT2D eigenvalue weighted by atomic mass is 9.88. The van der Waals surface area contributed by atoms with Gasteiger partial charge in [0.15, 0.2) is 0 Å². The Labute approximate surface area is 147 Å². The van der Waals surface area contributed by atoms with E-state index in [-0.39, 0.29) is 17.3 Å². The zero-order valence-corrected chi connectivity index (χ0v) is 15.2. The first-order valence-electron chi connectivity index (χ1n) is 7.92. The molecule has 1 aliphatic carbocycles. The maximum absolute atomic E-state index is 12.4. The molecule has 1 aliphatic rings. The van der Waals surface area contributed by atoms with E-state index >= 15 is 0 Å². The van der Waals surface area contributed by atoms with E-state index < -0.39 is 27.4 Å². The topological polar surface area (TPSA) is 95.5 Å². The first kappa shape index (κ1) is 19.0. The summed E-state index contributed by atoms with van der Waals surface area (Å²) in [6.45, 7) is 2.07. The minimum atomic E-state index is -3.89. The molecule has 0 heterocycles. The van der Waals surface area contributed by atoms with Gasteiger partial charge in [-0.3, -0.25) is 4.79 Å². The number of anilines is 1. The summed E-state index contributed by atoms with van der Waals surface area (Å²) in [5.74, 6) is -0.322. The van der Waals surface area contributed by atoms with Gasteiger partial charge < -0.3 is 10.4 Å². The van der Waals surface area contributed by atoms with Crippen molar-refractivity contribution in [2.75, 3.05) is 17.7 Å². The minimum absolute atomic E-state index is 0.0286. The molecule has 1 atom stereocenters. The van der Waals surface area contributed by atoms with E-state index in [1.54, 1.807) is 19.1 Å². The molecule has 24 heavy (non-hydrogen) atoms. The van der Waals surface area contributed by atoms with E-state index in [0.717, 1.165) is 12.8 Å². The van der Waals surface area contributed by atoms with E-state index in [4.69, 9.17) is 11.6 Å². The van der Waals surface area contributed by atoms with Gasteiger partial charge in [0, 0.05) is 17.6 Å². The number of rotatable bonds is 7. The van der Waals surface area contributed by atoms with Gasteiger partial charge >= 0.3 is 0 Å². The molecule has 1 aromatic rings. The van der Waals surface area contributed by atoms with Crippen LogP contribution in [0.3, 0.4) is 0 Å². The maximum Gasteiger partial charge on any atom is 0.264 e. The van der Waals surface area contributed by atoms with Gasteiger partial charge in [0.2, 0.25) is 5.91 Å². The van der Waals surface area contributed by atoms with E-state index in [1.807, 2.05) is 0 Å². The first-order chi connectivity index (χ1) is 11.3. The van der Waals surface area contributed by atoms with Crippen LogP contribution in [-0.4, -0.2) is 38.0 Å². The molecule has 1 saturated carbocycles. The monoisotopic (exact) mass is 374 g/mol. The zero-order valence-electron chi connectivity index (χ0n) is 13.6. The number of sulfonamides is 1. The number of amides is 1. The summed E-state index contributed by atoms with van der Waals surface area (Å²) in [6, 6.07) is 6.00. The number of aliphatic hydroxyl groups is 1. The molecule has 8 heteroatoms. The van der Waals surface area contributed by atoms with Crippen molar-refractivity contribution in [3.63, 3.8) is 0 Å². The van der Waals surface area contributed by atoms with Crippen LogP contribution in [-0.2, 0) is 14.8 Å². The highest BCUT2D eigenvalue weighted by Crippen LogP contribution is 2.37. The summed E-state index contributed by atoms with van der Waals surface area (Å²) in [4.78, 5) is 12.3. The Morgan fingerprint density at radius 3 is 2.42 bits per heavy atom. The molecule has 0 saturated heterocycles. The molecule has 1 amide bonds. The van der Waals surface area contributed by atoms with Gasteiger partial charge in [0.25, 0.3) is 10.0 Å². The number of aliphatic hydroxyl groups excluding tert-OH is 1. The molecule has 0 aliphatic heterocycles. The second-order valence-electron chi connectivity index (χ2n) is 6.42. The lowest BCUT2D eigenvalue weighted by molar-refractivity contribution is -0.127. The van der Waals surface area contributed by atoms with Crippen LogP contribution in [0.15, 0.2) is 29.2 Å². The van der Waals surface area contributed by atoms with Crippen LogP contribution in [0, 0.1) is 5.41 Å². The Bertz CT molecular complexity index is 670. The highest BCUT2D eigenvalue weighted by molar-refractivity contribution is 7.90. The van der Waals surface area contributed by atoms with Gasteiger partial charge in [-0.05, 0) is 37.1 Å². The van der Waals surface area contributed by atoms with Gasteiger partial charge in [-0.1, -0.05) is 19.8 Å². The summed E-state index contributed by atoms with van der Waals surface area (Å²) in [5.41, 5.74) is 0.0545. The van der Waals surface area contributed by atoms with Gasteiger partial charge in [-0.15, -0.1) is 11.6 Å². The Balaban J connectivity index is 2.02. The van der Waals surface area contributed by atoms with E-state index in [9.17, 15) is 18.3 Å². The number of halogens is 1. The lowest BCUT2D eigenvalue weighted by Crippen LogP contribution is -2.40. The predicted octanol–water partition coefficient (Wildman–Crippen LogP) is 2.08. The van der Waals surface area contributed by atoms with Crippen LogP contribution in [0.1, 0.15) is 32.6 Å². The summed E-state index contributed by atoms with van der Waals surface area (Å²) < 4.78 is 26.9. The normalized spacial score (nSPS) is 18.1. The smallest absolute Gasteiger partial charge is 0.264 e. The van der Waals surface area contributed by atoms with Crippen LogP contribution >= 0.6 is 11.6 Å². The van der Waals surface area contributed by atoms with Gasteiger partial charge in [-0.2, -0.15) is 0 Å². The third-order valence-electron chi connectivity index (χ3n) is 4.37. The Morgan fingerprint density at radius 1 is 1.29 bits per heavy atom. The molecule has 1 unspecified atom stereocenters. The molecule has 2 rings (SSSR count). The second-order valence-corrected chi connectivity index (χ2v) is 8.41. The van der Waals surface area contributed by atoms with Crippen LogP contribution in [0.4, 0.5) is 5.69 Å².